The largest absolute Gasteiger partial charge is 0.385 e. The van der Waals surface area contributed by atoms with Gasteiger partial charge in [-0.05, 0) is 12.5 Å². The predicted molar refractivity (Wildman–Crippen MR) is 58.3 cm³/mol. The molecule has 1 fully saturated rings. The Hall–Kier alpha value is -1.52. The van der Waals surface area contributed by atoms with Crippen LogP contribution in [0.25, 0.3) is 0 Å². The molecule has 0 amide bonds. The monoisotopic (exact) mass is 253 g/mol. The highest BCUT2D eigenvalue weighted by Crippen LogP contribution is 2.42. The summed E-state index contributed by atoms with van der Waals surface area (Å²) in [4.78, 5) is 7.57. The van der Waals surface area contributed by atoms with Crippen molar-refractivity contribution in [3.63, 3.8) is 0 Å². The molecule has 1 aliphatic rings. The first-order valence-electron chi connectivity index (χ1n) is 5.05. The second kappa shape index (κ2) is 4.05. The fourth-order valence-corrected chi connectivity index (χ4v) is 3.96. The van der Waals surface area contributed by atoms with E-state index in [0.717, 1.165) is 0 Å². The minimum absolute atomic E-state index is 0.0668. The van der Waals surface area contributed by atoms with Crippen LogP contribution < -0.4 is 0 Å². The van der Waals surface area contributed by atoms with Crippen molar-refractivity contribution in [1.82, 2.24) is 9.97 Å². The summed E-state index contributed by atoms with van der Waals surface area (Å²) in [5.74, 6) is -0.385. The molecule has 7 heteroatoms. The van der Waals surface area contributed by atoms with Gasteiger partial charge in [0.05, 0.1) is 23.3 Å². The highest BCUT2D eigenvalue weighted by Gasteiger charge is 2.49. The quantitative estimate of drug-likeness (QED) is 0.785. The lowest BCUT2D eigenvalue weighted by molar-refractivity contribution is 0.0753. The lowest BCUT2D eigenvalue weighted by Crippen LogP contribution is -2.29. The van der Waals surface area contributed by atoms with Crippen LogP contribution in [0, 0.1) is 16.7 Å². The van der Waals surface area contributed by atoms with Crippen molar-refractivity contribution < 1.29 is 13.5 Å². The number of aromatic nitrogens is 2. The summed E-state index contributed by atoms with van der Waals surface area (Å²) in [6.45, 7) is 0. The second-order valence-electron chi connectivity index (χ2n) is 4.15. The molecule has 0 aromatic carbocycles. The first-order valence-corrected chi connectivity index (χ1v) is 6.87. The van der Waals surface area contributed by atoms with Gasteiger partial charge in [0, 0.05) is 6.20 Å². The maximum atomic E-state index is 11.4. The van der Waals surface area contributed by atoms with Gasteiger partial charge in [0.1, 0.15) is 17.8 Å². The number of aliphatic hydroxyl groups is 1. The summed E-state index contributed by atoms with van der Waals surface area (Å²) >= 11 is 0. The number of rotatable bonds is 2. The van der Waals surface area contributed by atoms with Crippen molar-refractivity contribution in [3.05, 3.63) is 24.3 Å². The second-order valence-corrected chi connectivity index (χ2v) is 6.33. The smallest absolute Gasteiger partial charge is 0.152 e. The van der Waals surface area contributed by atoms with Gasteiger partial charge < -0.3 is 5.11 Å². The van der Waals surface area contributed by atoms with Gasteiger partial charge in [-0.25, -0.2) is 18.4 Å². The molecule has 2 unspecified atom stereocenters. The third-order valence-corrected chi connectivity index (χ3v) is 4.75. The molecule has 1 aromatic rings. The molecule has 17 heavy (non-hydrogen) atoms. The molecule has 2 heterocycles. The van der Waals surface area contributed by atoms with Crippen LogP contribution in [-0.2, 0) is 9.84 Å². The maximum Gasteiger partial charge on any atom is 0.152 e. The predicted octanol–water partition coefficient (Wildman–Crippen LogP) is -0.162. The van der Waals surface area contributed by atoms with Crippen LogP contribution in [0.5, 0.6) is 0 Å². The molecule has 1 saturated heterocycles. The number of sulfone groups is 1. The van der Waals surface area contributed by atoms with Crippen LogP contribution in [0.4, 0.5) is 0 Å². The average Bonchev–Trinajstić information content (AvgIpc) is 2.66. The van der Waals surface area contributed by atoms with Crippen molar-refractivity contribution >= 4 is 9.84 Å². The van der Waals surface area contributed by atoms with Crippen molar-refractivity contribution in [2.75, 3.05) is 11.5 Å². The topological polar surface area (TPSA) is 104 Å². The molecular weight excluding hydrogens is 242 g/mol. The summed E-state index contributed by atoms with van der Waals surface area (Å²) in [6, 6.07) is 3.42. The minimum Gasteiger partial charge on any atom is -0.385 e. The van der Waals surface area contributed by atoms with E-state index >= 15 is 0 Å². The number of nitrogens with zero attached hydrogens (tertiary/aromatic N) is 3. The molecule has 1 aromatic heterocycles. The van der Waals surface area contributed by atoms with E-state index in [9.17, 15) is 13.5 Å². The van der Waals surface area contributed by atoms with Gasteiger partial charge in [0.2, 0.25) is 0 Å². The highest BCUT2D eigenvalue weighted by atomic mass is 32.2. The number of aliphatic hydroxyl groups excluding tert-OH is 1. The van der Waals surface area contributed by atoms with Gasteiger partial charge >= 0.3 is 0 Å². The van der Waals surface area contributed by atoms with Crippen molar-refractivity contribution in [2.24, 2.45) is 5.41 Å². The van der Waals surface area contributed by atoms with E-state index < -0.39 is 21.4 Å². The zero-order valence-electron chi connectivity index (χ0n) is 8.94. The van der Waals surface area contributed by atoms with Crippen molar-refractivity contribution in [1.29, 1.82) is 5.26 Å². The van der Waals surface area contributed by atoms with Gasteiger partial charge in [-0.3, -0.25) is 0 Å². The molecule has 90 valence electrons. The van der Waals surface area contributed by atoms with Crippen LogP contribution >= 0.6 is 0 Å². The van der Waals surface area contributed by atoms with Crippen LogP contribution in [-0.4, -0.2) is 35.0 Å². The summed E-state index contributed by atoms with van der Waals surface area (Å²) in [7, 11) is -3.24. The fourth-order valence-electron chi connectivity index (χ4n) is 1.99. The Morgan fingerprint density at radius 1 is 1.59 bits per heavy atom. The molecule has 2 atom stereocenters. The van der Waals surface area contributed by atoms with E-state index in [0.29, 0.717) is 0 Å². The lowest BCUT2D eigenvalue weighted by Gasteiger charge is -2.24. The number of hydrogen-bond donors (Lipinski definition) is 1. The van der Waals surface area contributed by atoms with E-state index in [1.165, 1.54) is 18.6 Å². The number of hydrogen-bond acceptors (Lipinski definition) is 6. The Morgan fingerprint density at radius 3 is 2.82 bits per heavy atom. The summed E-state index contributed by atoms with van der Waals surface area (Å²) in [5.41, 5.74) is -1.01. The van der Waals surface area contributed by atoms with E-state index in [2.05, 4.69) is 9.97 Å². The van der Waals surface area contributed by atoms with E-state index in [-0.39, 0.29) is 23.6 Å². The molecule has 0 aliphatic carbocycles. The standard InChI is InChI=1S/C10H11N3O3S/c11-5-10(2-4-17(15,16)6-10)9(14)8-1-3-12-7-13-8/h1,3,7,9,14H,2,4,6H2. The van der Waals surface area contributed by atoms with Crippen LogP contribution in [0.15, 0.2) is 18.6 Å². The molecule has 0 spiro atoms. The SMILES string of the molecule is N#CC1(C(O)c2ccncn2)CCS(=O)(=O)C1. The third-order valence-electron chi connectivity index (χ3n) is 2.97. The average molecular weight is 253 g/mol. The maximum absolute atomic E-state index is 11.4. The van der Waals surface area contributed by atoms with Crippen molar-refractivity contribution in [3.8, 4) is 6.07 Å². The molecule has 0 radical (unpaired) electrons. The molecule has 0 saturated carbocycles. The summed E-state index contributed by atoms with van der Waals surface area (Å²) < 4.78 is 22.9. The van der Waals surface area contributed by atoms with Gasteiger partial charge in [0.25, 0.3) is 0 Å². The minimum atomic E-state index is -3.24. The first-order chi connectivity index (χ1) is 7.99. The molecule has 2 rings (SSSR count). The molecule has 1 N–H and O–H groups in total. The number of nitriles is 1. The molecule has 6 nitrogen and oxygen atoms in total. The Bertz CT molecular complexity index is 552. The summed E-state index contributed by atoms with van der Waals surface area (Å²) in [6.07, 6.45) is 1.64. The zero-order valence-corrected chi connectivity index (χ0v) is 9.76. The molecule has 1 aliphatic heterocycles. The zero-order chi connectivity index (χ0) is 12.5. The first kappa shape index (κ1) is 12.0. The Balaban J connectivity index is 2.36. The van der Waals surface area contributed by atoms with Gasteiger partial charge in [-0.1, -0.05) is 0 Å². The highest BCUT2D eigenvalue weighted by molar-refractivity contribution is 7.91. The van der Waals surface area contributed by atoms with Gasteiger partial charge in [-0.2, -0.15) is 5.26 Å². The Kier molecular flexibility index (Phi) is 2.85. The summed E-state index contributed by atoms with van der Waals surface area (Å²) in [5, 5.41) is 19.3. The van der Waals surface area contributed by atoms with Gasteiger partial charge in [0.15, 0.2) is 9.84 Å². The van der Waals surface area contributed by atoms with E-state index in [1.807, 2.05) is 6.07 Å². The van der Waals surface area contributed by atoms with Crippen LogP contribution in [0.1, 0.15) is 18.2 Å². The third kappa shape index (κ3) is 2.14. The van der Waals surface area contributed by atoms with E-state index in [4.69, 9.17) is 5.26 Å². The fraction of sp³-hybridized carbons (Fsp3) is 0.500. The Labute approximate surface area is 98.9 Å². The normalized spacial score (nSPS) is 28.5. The van der Waals surface area contributed by atoms with Crippen LogP contribution in [0.2, 0.25) is 0 Å². The van der Waals surface area contributed by atoms with E-state index in [1.54, 1.807) is 0 Å². The molecular formula is C10H11N3O3S. The van der Waals surface area contributed by atoms with Crippen LogP contribution in [0.3, 0.4) is 0 Å². The van der Waals surface area contributed by atoms with Gasteiger partial charge in [-0.15, -0.1) is 0 Å². The van der Waals surface area contributed by atoms with Crippen molar-refractivity contribution in [2.45, 2.75) is 12.5 Å². The lowest BCUT2D eigenvalue weighted by atomic mass is 9.81. The Morgan fingerprint density at radius 2 is 2.35 bits per heavy atom. The molecule has 0 bridgehead atoms.